The minimum absolute atomic E-state index is 0.00283. The van der Waals surface area contributed by atoms with Crippen LogP contribution < -0.4 is 10.6 Å². The number of nitrogens with one attached hydrogen (secondary N) is 2. The summed E-state index contributed by atoms with van der Waals surface area (Å²) >= 11 is 0. The normalized spacial score (nSPS) is 16.0. The van der Waals surface area contributed by atoms with Gasteiger partial charge in [0.25, 0.3) is 5.91 Å². The molecule has 0 spiro atoms. The van der Waals surface area contributed by atoms with Crippen LogP contribution in [0.4, 0.5) is 0 Å². The Bertz CT molecular complexity index is 612. The van der Waals surface area contributed by atoms with Gasteiger partial charge in [-0.2, -0.15) is 0 Å². The molecule has 0 radical (unpaired) electrons. The average Bonchev–Trinajstić information content (AvgIpc) is 3.20. The Morgan fingerprint density at radius 1 is 1.12 bits per heavy atom. The summed E-state index contributed by atoms with van der Waals surface area (Å²) < 4.78 is 0. The fourth-order valence-corrected chi connectivity index (χ4v) is 3.04. The van der Waals surface area contributed by atoms with Crippen LogP contribution in [-0.2, 0) is 9.59 Å². The van der Waals surface area contributed by atoms with Crippen molar-refractivity contribution in [2.24, 2.45) is 5.92 Å². The van der Waals surface area contributed by atoms with E-state index in [1.807, 2.05) is 24.8 Å². The summed E-state index contributed by atoms with van der Waals surface area (Å²) in [5, 5.41) is 5.64. The van der Waals surface area contributed by atoms with Gasteiger partial charge >= 0.3 is 0 Å². The molecule has 2 rings (SSSR count). The zero-order chi connectivity index (χ0) is 18.9. The molecule has 142 valence electrons. The second-order valence-corrected chi connectivity index (χ2v) is 6.83. The molecule has 1 aromatic carbocycles. The van der Waals surface area contributed by atoms with E-state index in [1.54, 1.807) is 24.3 Å². The lowest BCUT2D eigenvalue weighted by molar-refractivity contribution is -0.130. The van der Waals surface area contributed by atoms with Crippen LogP contribution in [0, 0.1) is 5.92 Å². The second kappa shape index (κ2) is 9.94. The third kappa shape index (κ3) is 5.58. The van der Waals surface area contributed by atoms with Crippen molar-refractivity contribution in [1.29, 1.82) is 0 Å². The minimum atomic E-state index is -0.616. The van der Waals surface area contributed by atoms with E-state index in [0.29, 0.717) is 18.5 Å². The third-order valence-corrected chi connectivity index (χ3v) is 4.91. The molecule has 1 fully saturated rings. The van der Waals surface area contributed by atoms with E-state index in [1.165, 1.54) is 0 Å². The number of rotatable bonds is 8. The summed E-state index contributed by atoms with van der Waals surface area (Å²) in [6, 6.07) is 8.24. The van der Waals surface area contributed by atoms with Gasteiger partial charge < -0.3 is 15.5 Å². The Labute approximate surface area is 155 Å². The lowest BCUT2D eigenvalue weighted by Gasteiger charge is -2.24. The Hall–Kier alpha value is -2.37. The van der Waals surface area contributed by atoms with Crippen LogP contribution in [0.1, 0.15) is 49.9 Å². The maximum absolute atomic E-state index is 12.6. The van der Waals surface area contributed by atoms with E-state index in [4.69, 9.17) is 0 Å². The van der Waals surface area contributed by atoms with Crippen molar-refractivity contribution in [2.45, 2.75) is 45.6 Å². The number of hydrogen-bond donors (Lipinski definition) is 2. The predicted molar refractivity (Wildman–Crippen MR) is 101 cm³/mol. The lowest BCUT2D eigenvalue weighted by Crippen LogP contribution is -2.50. The van der Waals surface area contributed by atoms with Crippen LogP contribution in [0.15, 0.2) is 30.3 Å². The van der Waals surface area contributed by atoms with Gasteiger partial charge in [-0.05, 0) is 30.9 Å². The molecule has 3 amide bonds. The standard InChI is InChI=1S/C20H29N3O3/c1-3-15(2)18(22-19(25)16-9-5-4-6-10-16)20(26)21-12-11-17(24)23-13-7-8-14-23/h4-6,9-10,15,18H,3,7-8,11-14H2,1-2H3,(H,21,26)(H,22,25)/t15-,18+/m0/s1. The summed E-state index contributed by atoms with van der Waals surface area (Å²) in [5.41, 5.74) is 0.526. The van der Waals surface area contributed by atoms with Gasteiger partial charge in [-0.25, -0.2) is 0 Å². The van der Waals surface area contributed by atoms with Gasteiger partial charge in [-0.15, -0.1) is 0 Å². The molecule has 2 atom stereocenters. The van der Waals surface area contributed by atoms with Crippen LogP contribution in [0.3, 0.4) is 0 Å². The van der Waals surface area contributed by atoms with Gasteiger partial charge in [0.2, 0.25) is 11.8 Å². The van der Waals surface area contributed by atoms with Gasteiger partial charge in [0.1, 0.15) is 6.04 Å². The van der Waals surface area contributed by atoms with E-state index in [9.17, 15) is 14.4 Å². The minimum Gasteiger partial charge on any atom is -0.354 e. The average molecular weight is 359 g/mol. The summed E-state index contributed by atoms with van der Waals surface area (Å²) in [6.07, 6.45) is 3.17. The molecule has 1 saturated heterocycles. The van der Waals surface area contributed by atoms with E-state index in [-0.39, 0.29) is 23.6 Å². The third-order valence-electron chi connectivity index (χ3n) is 4.91. The second-order valence-electron chi connectivity index (χ2n) is 6.83. The Morgan fingerprint density at radius 2 is 1.77 bits per heavy atom. The molecule has 6 heteroatoms. The quantitative estimate of drug-likeness (QED) is 0.745. The van der Waals surface area contributed by atoms with Crippen molar-refractivity contribution in [3.8, 4) is 0 Å². The number of benzene rings is 1. The van der Waals surface area contributed by atoms with Crippen LogP contribution in [0.2, 0.25) is 0 Å². The highest BCUT2D eigenvalue weighted by molar-refractivity contribution is 5.97. The SMILES string of the molecule is CC[C@H](C)[C@@H](NC(=O)c1ccccc1)C(=O)NCCC(=O)N1CCCC1. The summed E-state index contributed by atoms with van der Waals surface area (Å²) in [4.78, 5) is 38.8. The highest BCUT2D eigenvalue weighted by Crippen LogP contribution is 2.11. The first-order valence-electron chi connectivity index (χ1n) is 9.44. The lowest BCUT2D eigenvalue weighted by atomic mass is 9.97. The van der Waals surface area contributed by atoms with Gasteiger partial charge in [-0.1, -0.05) is 38.5 Å². The first-order chi connectivity index (χ1) is 12.5. The van der Waals surface area contributed by atoms with E-state index >= 15 is 0 Å². The van der Waals surface area contributed by atoms with Crippen molar-refractivity contribution in [3.63, 3.8) is 0 Å². The van der Waals surface area contributed by atoms with Crippen molar-refractivity contribution in [1.82, 2.24) is 15.5 Å². The van der Waals surface area contributed by atoms with Crippen LogP contribution >= 0.6 is 0 Å². The molecule has 1 heterocycles. The Kier molecular flexibility index (Phi) is 7.63. The molecule has 0 aliphatic carbocycles. The molecule has 0 aromatic heterocycles. The molecular formula is C20H29N3O3. The highest BCUT2D eigenvalue weighted by Gasteiger charge is 2.26. The van der Waals surface area contributed by atoms with Gasteiger partial charge in [0.15, 0.2) is 0 Å². The Balaban J connectivity index is 1.87. The highest BCUT2D eigenvalue weighted by atomic mass is 16.2. The van der Waals surface area contributed by atoms with Crippen molar-refractivity contribution in [2.75, 3.05) is 19.6 Å². The number of likely N-dealkylation sites (tertiary alicyclic amines) is 1. The zero-order valence-corrected chi connectivity index (χ0v) is 15.7. The van der Waals surface area contributed by atoms with Crippen LogP contribution in [0.25, 0.3) is 0 Å². The summed E-state index contributed by atoms with van der Waals surface area (Å²) in [7, 11) is 0. The number of nitrogens with zero attached hydrogens (tertiary/aromatic N) is 1. The Morgan fingerprint density at radius 3 is 2.38 bits per heavy atom. The number of carbonyl (C=O) groups is 3. The van der Waals surface area contributed by atoms with E-state index in [0.717, 1.165) is 32.4 Å². The number of hydrogen-bond acceptors (Lipinski definition) is 3. The predicted octanol–water partition coefficient (Wildman–Crippen LogP) is 1.96. The van der Waals surface area contributed by atoms with Gasteiger partial charge in [0, 0.05) is 31.6 Å². The molecule has 6 nitrogen and oxygen atoms in total. The molecule has 1 aliphatic heterocycles. The first kappa shape index (κ1) is 19.9. The fourth-order valence-electron chi connectivity index (χ4n) is 3.04. The van der Waals surface area contributed by atoms with Crippen LogP contribution in [0.5, 0.6) is 0 Å². The summed E-state index contributed by atoms with van der Waals surface area (Å²) in [5.74, 6) is -0.426. The fraction of sp³-hybridized carbons (Fsp3) is 0.550. The molecule has 1 aliphatic rings. The maximum Gasteiger partial charge on any atom is 0.251 e. The molecular weight excluding hydrogens is 330 g/mol. The first-order valence-corrected chi connectivity index (χ1v) is 9.44. The van der Waals surface area contributed by atoms with Crippen molar-refractivity contribution < 1.29 is 14.4 Å². The molecule has 0 saturated carbocycles. The zero-order valence-electron chi connectivity index (χ0n) is 15.7. The molecule has 1 aromatic rings. The number of carbonyl (C=O) groups excluding carboxylic acids is 3. The number of amides is 3. The molecule has 0 unspecified atom stereocenters. The topological polar surface area (TPSA) is 78.5 Å². The molecule has 2 N–H and O–H groups in total. The summed E-state index contributed by atoms with van der Waals surface area (Å²) in [6.45, 7) is 5.84. The largest absolute Gasteiger partial charge is 0.354 e. The van der Waals surface area contributed by atoms with E-state index < -0.39 is 6.04 Å². The van der Waals surface area contributed by atoms with Gasteiger partial charge in [-0.3, -0.25) is 14.4 Å². The van der Waals surface area contributed by atoms with Gasteiger partial charge in [0.05, 0.1) is 0 Å². The maximum atomic E-state index is 12.6. The van der Waals surface area contributed by atoms with Crippen molar-refractivity contribution in [3.05, 3.63) is 35.9 Å². The smallest absolute Gasteiger partial charge is 0.251 e. The van der Waals surface area contributed by atoms with Crippen LogP contribution in [-0.4, -0.2) is 48.3 Å². The molecule has 0 bridgehead atoms. The monoisotopic (exact) mass is 359 g/mol. The van der Waals surface area contributed by atoms with Crippen molar-refractivity contribution >= 4 is 17.7 Å². The molecule has 26 heavy (non-hydrogen) atoms. The van der Waals surface area contributed by atoms with E-state index in [2.05, 4.69) is 10.6 Å².